The van der Waals surface area contributed by atoms with Gasteiger partial charge in [0.15, 0.2) is 0 Å². The lowest BCUT2D eigenvalue weighted by Crippen LogP contribution is -2.40. The van der Waals surface area contributed by atoms with Crippen molar-refractivity contribution in [3.63, 3.8) is 0 Å². The number of rotatable bonds is 3. The zero-order valence-electron chi connectivity index (χ0n) is 11.0. The number of aromatic nitrogens is 1. The Kier molecular flexibility index (Phi) is 2.86. The first-order valence-electron chi connectivity index (χ1n) is 6.09. The third-order valence-corrected chi connectivity index (χ3v) is 4.05. The first-order chi connectivity index (χ1) is 9.50. The molecule has 20 heavy (non-hydrogen) atoms. The highest BCUT2D eigenvalue weighted by molar-refractivity contribution is 7.08. The summed E-state index contributed by atoms with van der Waals surface area (Å²) in [5, 5.41) is 10.3. The van der Waals surface area contributed by atoms with Gasteiger partial charge < -0.3 is 9.84 Å². The van der Waals surface area contributed by atoms with Crippen molar-refractivity contribution in [3.8, 4) is 0 Å². The van der Waals surface area contributed by atoms with Crippen LogP contribution in [0.25, 0.3) is 0 Å². The van der Waals surface area contributed by atoms with Crippen molar-refractivity contribution >= 4 is 23.3 Å². The van der Waals surface area contributed by atoms with E-state index in [4.69, 9.17) is 4.52 Å². The van der Waals surface area contributed by atoms with Crippen LogP contribution < -0.4 is 5.32 Å². The fourth-order valence-electron chi connectivity index (χ4n) is 2.24. The SMILES string of the molecule is Cc1cc(CN2C(=O)N[C@@](C)(c3ccsc3)C2=O)no1. The van der Waals surface area contributed by atoms with Gasteiger partial charge in [-0.3, -0.25) is 9.69 Å². The fourth-order valence-corrected chi connectivity index (χ4v) is 3.00. The molecule has 6 nitrogen and oxygen atoms in total. The van der Waals surface area contributed by atoms with Gasteiger partial charge in [-0.05, 0) is 36.2 Å². The molecule has 0 radical (unpaired) electrons. The summed E-state index contributed by atoms with van der Waals surface area (Å²) < 4.78 is 4.95. The summed E-state index contributed by atoms with van der Waals surface area (Å²) in [5.74, 6) is 0.370. The van der Waals surface area contributed by atoms with Crippen LogP contribution in [-0.2, 0) is 16.9 Å². The third-order valence-electron chi connectivity index (χ3n) is 3.37. The number of nitrogens with zero attached hydrogens (tertiary/aromatic N) is 2. The van der Waals surface area contributed by atoms with Gasteiger partial charge in [0.25, 0.3) is 5.91 Å². The normalized spacial score (nSPS) is 22.4. The second-order valence-electron chi connectivity index (χ2n) is 4.89. The molecule has 1 fully saturated rings. The monoisotopic (exact) mass is 291 g/mol. The summed E-state index contributed by atoms with van der Waals surface area (Å²) in [5.41, 5.74) is 0.343. The molecule has 0 saturated carbocycles. The number of carbonyl (C=O) groups excluding carboxylic acids is 2. The minimum absolute atomic E-state index is 0.113. The van der Waals surface area contributed by atoms with Crippen LogP contribution in [0.1, 0.15) is 23.9 Å². The maximum atomic E-state index is 12.5. The lowest BCUT2D eigenvalue weighted by atomic mass is 9.95. The van der Waals surface area contributed by atoms with Gasteiger partial charge in [0.1, 0.15) is 17.0 Å². The first kappa shape index (κ1) is 12.9. The van der Waals surface area contributed by atoms with Crippen molar-refractivity contribution in [1.29, 1.82) is 0 Å². The number of carbonyl (C=O) groups is 2. The summed E-state index contributed by atoms with van der Waals surface area (Å²) in [7, 11) is 0. The summed E-state index contributed by atoms with van der Waals surface area (Å²) in [6, 6.07) is 3.14. The molecule has 2 aromatic heterocycles. The Morgan fingerprint density at radius 3 is 2.90 bits per heavy atom. The Balaban J connectivity index is 1.87. The molecule has 3 rings (SSSR count). The van der Waals surface area contributed by atoms with E-state index in [0.29, 0.717) is 11.5 Å². The Labute approximate surface area is 119 Å². The summed E-state index contributed by atoms with van der Waals surface area (Å²) in [6.45, 7) is 3.59. The van der Waals surface area contributed by atoms with Crippen LogP contribution in [0.5, 0.6) is 0 Å². The van der Waals surface area contributed by atoms with E-state index < -0.39 is 11.6 Å². The second kappa shape index (κ2) is 4.45. The molecule has 2 aromatic rings. The van der Waals surface area contributed by atoms with Crippen molar-refractivity contribution in [1.82, 2.24) is 15.4 Å². The number of urea groups is 1. The topological polar surface area (TPSA) is 75.4 Å². The number of aryl methyl sites for hydroxylation is 1. The number of amides is 3. The molecule has 1 N–H and O–H groups in total. The molecule has 0 bridgehead atoms. The minimum atomic E-state index is -1.00. The number of hydrogen-bond donors (Lipinski definition) is 1. The van der Waals surface area contributed by atoms with Crippen molar-refractivity contribution < 1.29 is 14.1 Å². The van der Waals surface area contributed by atoms with Crippen LogP contribution in [-0.4, -0.2) is 22.0 Å². The predicted molar refractivity (Wildman–Crippen MR) is 72.0 cm³/mol. The molecule has 1 aliphatic heterocycles. The zero-order chi connectivity index (χ0) is 14.3. The predicted octanol–water partition coefficient (Wildman–Crippen LogP) is 2.01. The maximum Gasteiger partial charge on any atom is 0.325 e. The summed E-state index contributed by atoms with van der Waals surface area (Å²) in [6.07, 6.45) is 0. The number of imide groups is 1. The van der Waals surface area contributed by atoms with Gasteiger partial charge in [-0.15, -0.1) is 0 Å². The molecule has 104 valence electrons. The highest BCUT2D eigenvalue weighted by atomic mass is 32.1. The van der Waals surface area contributed by atoms with Gasteiger partial charge in [0, 0.05) is 6.07 Å². The summed E-state index contributed by atoms with van der Waals surface area (Å²) in [4.78, 5) is 25.7. The Morgan fingerprint density at radius 1 is 1.50 bits per heavy atom. The average Bonchev–Trinajstić information content (AvgIpc) is 3.09. The van der Waals surface area contributed by atoms with Gasteiger partial charge in [0.2, 0.25) is 0 Å². The average molecular weight is 291 g/mol. The molecule has 1 saturated heterocycles. The van der Waals surface area contributed by atoms with E-state index in [9.17, 15) is 9.59 Å². The Hall–Kier alpha value is -2.15. The molecule has 3 amide bonds. The molecular weight excluding hydrogens is 278 g/mol. The van der Waals surface area contributed by atoms with E-state index >= 15 is 0 Å². The first-order valence-corrected chi connectivity index (χ1v) is 7.04. The highest BCUT2D eigenvalue weighted by Gasteiger charge is 2.49. The molecule has 0 unspecified atom stereocenters. The second-order valence-corrected chi connectivity index (χ2v) is 5.67. The van der Waals surface area contributed by atoms with E-state index in [1.54, 1.807) is 19.9 Å². The number of nitrogens with one attached hydrogen (secondary N) is 1. The molecule has 1 aliphatic rings. The largest absolute Gasteiger partial charge is 0.361 e. The maximum absolute atomic E-state index is 12.5. The van der Waals surface area contributed by atoms with Crippen molar-refractivity contribution in [2.24, 2.45) is 0 Å². The fraction of sp³-hybridized carbons (Fsp3) is 0.308. The quantitative estimate of drug-likeness (QED) is 0.878. The highest BCUT2D eigenvalue weighted by Crippen LogP contribution is 2.30. The smallest absolute Gasteiger partial charge is 0.325 e. The third kappa shape index (κ3) is 1.90. The van der Waals surface area contributed by atoms with Crippen LogP contribution in [0.3, 0.4) is 0 Å². The van der Waals surface area contributed by atoms with E-state index in [2.05, 4.69) is 10.5 Å². The zero-order valence-corrected chi connectivity index (χ0v) is 11.9. The van der Waals surface area contributed by atoms with Gasteiger partial charge >= 0.3 is 6.03 Å². The van der Waals surface area contributed by atoms with Gasteiger partial charge in [0.05, 0.1) is 6.54 Å². The van der Waals surface area contributed by atoms with E-state index in [-0.39, 0.29) is 12.5 Å². The molecule has 0 aliphatic carbocycles. The van der Waals surface area contributed by atoms with Crippen LogP contribution >= 0.6 is 11.3 Å². The summed E-state index contributed by atoms with van der Waals surface area (Å²) >= 11 is 1.49. The lowest BCUT2D eigenvalue weighted by Gasteiger charge is -2.20. The van der Waals surface area contributed by atoms with Crippen molar-refractivity contribution in [2.75, 3.05) is 0 Å². The van der Waals surface area contributed by atoms with Crippen molar-refractivity contribution in [2.45, 2.75) is 25.9 Å². The van der Waals surface area contributed by atoms with E-state index in [1.165, 1.54) is 11.3 Å². The van der Waals surface area contributed by atoms with E-state index in [1.807, 2.05) is 16.8 Å². The molecule has 0 aromatic carbocycles. The van der Waals surface area contributed by atoms with Crippen LogP contribution in [0.4, 0.5) is 4.79 Å². The molecule has 7 heteroatoms. The Bertz CT molecular complexity index is 664. The molecular formula is C13H13N3O3S. The molecule has 3 heterocycles. The number of hydrogen-bond acceptors (Lipinski definition) is 5. The van der Waals surface area contributed by atoms with Gasteiger partial charge in [-0.1, -0.05) is 5.16 Å². The lowest BCUT2D eigenvalue weighted by molar-refractivity contribution is -0.131. The Morgan fingerprint density at radius 2 is 2.30 bits per heavy atom. The minimum Gasteiger partial charge on any atom is -0.361 e. The molecule has 0 spiro atoms. The molecule has 1 atom stereocenters. The van der Waals surface area contributed by atoms with Gasteiger partial charge in [-0.25, -0.2) is 4.79 Å². The van der Waals surface area contributed by atoms with Crippen LogP contribution in [0.2, 0.25) is 0 Å². The standard InChI is InChI=1S/C13H13N3O3S/c1-8-5-10(15-19-8)6-16-11(17)13(2,14-12(16)18)9-3-4-20-7-9/h3-5,7H,6H2,1-2H3,(H,14,18)/t13-/m0/s1. The number of thiophene rings is 1. The van der Waals surface area contributed by atoms with Crippen LogP contribution in [0.15, 0.2) is 27.4 Å². The van der Waals surface area contributed by atoms with Crippen molar-refractivity contribution in [3.05, 3.63) is 39.9 Å². The van der Waals surface area contributed by atoms with E-state index in [0.717, 1.165) is 10.5 Å². The van der Waals surface area contributed by atoms with Gasteiger partial charge in [-0.2, -0.15) is 11.3 Å². The van der Waals surface area contributed by atoms with Crippen LogP contribution in [0, 0.1) is 6.92 Å².